The molecule has 1 saturated carbocycles. The van der Waals surface area contributed by atoms with Gasteiger partial charge in [-0.25, -0.2) is 22.7 Å². The average Bonchev–Trinajstić information content (AvgIpc) is 1.35. The number of fused-ring (bicyclic) bond motifs is 15. The maximum Gasteiger partial charge on any atom is 0.330 e. The molecule has 9 amide bonds. The Morgan fingerprint density at radius 1 is 0.695 bits per heavy atom. The zero-order valence-corrected chi connectivity index (χ0v) is 75.3. The summed E-state index contributed by atoms with van der Waals surface area (Å²) in [6, 6.07) is 6.15. The summed E-state index contributed by atoms with van der Waals surface area (Å²) in [6.45, 7) is 11.3. The van der Waals surface area contributed by atoms with Gasteiger partial charge < -0.3 is 133 Å². The average molecular weight is 1860 g/mol. The lowest BCUT2D eigenvalue weighted by atomic mass is 9.85. The maximum atomic E-state index is 16.5. The first-order valence-corrected chi connectivity index (χ1v) is 45.8. The summed E-state index contributed by atoms with van der Waals surface area (Å²) in [4.78, 5) is 134. The normalized spacial score (nSPS) is 26.0. The Balaban J connectivity index is 0.972. The fourth-order valence-corrected chi connectivity index (χ4v) is 18.1. The van der Waals surface area contributed by atoms with Gasteiger partial charge in [0, 0.05) is 36.7 Å². The van der Waals surface area contributed by atoms with Crippen LogP contribution in [-0.4, -0.2) is 219 Å². The molecule has 2 saturated heterocycles. The molecule has 131 heavy (non-hydrogen) atoms. The largest absolute Gasteiger partial charge is 0.508 e. The Kier molecular flexibility index (Phi) is 32.7. The van der Waals surface area contributed by atoms with Gasteiger partial charge in [0.2, 0.25) is 63.4 Å². The molecule has 7 heterocycles. The van der Waals surface area contributed by atoms with Crippen molar-refractivity contribution in [2.75, 3.05) is 26.7 Å². The number of aryl methyl sites for hydroxylation is 2. The molecule has 0 spiro atoms. The fourth-order valence-electron chi connectivity index (χ4n) is 16.8. The number of aliphatic carboxylic acids is 1. The number of amides is 9. The highest BCUT2D eigenvalue weighted by Crippen LogP contribution is 2.50. The van der Waals surface area contributed by atoms with E-state index < -0.39 is 225 Å². The molecule has 0 unspecified atom stereocenters. The van der Waals surface area contributed by atoms with Gasteiger partial charge in [-0.1, -0.05) is 94.8 Å². The lowest BCUT2D eigenvalue weighted by molar-refractivity contribution is -0.334. The van der Waals surface area contributed by atoms with Crippen LogP contribution in [0.3, 0.4) is 0 Å². The number of sulfonamides is 1. The van der Waals surface area contributed by atoms with Crippen LogP contribution in [0.25, 0.3) is 11.1 Å². The number of carboxylic acid groups (broad SMARTS) is 1. The SMILES string of the molecule is CCCCCCc1ccc(S(=O)(=O)NCCCCCCNCc2c(O)cc3c(c2C)-c2cc(ccc2O)[C@H]2NC(=O)[C@@H]4NC(=O)[C@H](CC(N)=O)NC(=O)[C@H](NC(=O)[C@@H](CC(C)C)NC)[C@H](O)c5ccc(c(C)c5)Oc5cc4cc(c5O[C@@H]4O[C@H](CO)[C@@H](O)[C@H](O)[C@H]4O[C@H]4C[C@](C)(NC(=O)NC5CC5)[C@H](O)[C@H](C)O4)Oc4ccc(cc4Cl)[C@@H](O)[C@H](NC2=O)C(=O)N[C@@H]3C(=O)O)cc1. The summed E-state index contributed by atoms with van der Waals surface area (Å²) in [6.07, 6.45) is -10.2. The van der Waals surface area contributed by atoms with Crippen LogP contribution in [0.1, 0.15) is 198 Å². The minimum absolute atomic E-state index is 0.0433. The molecule has 40 heteroatoms. The lowest BCUT2D eigenvalue weighted by Gasteiger charge is -2.48. The second-order valence-electron chi connectivity index (χ2n) is 34.8. The van der Waals surface area contributed by atoms with E-state index in [9.17, 15) is 73.6 Å². The third-order valence-electron chi connectivity index (χ3n) is 24.3. The minimum atomic E-state index is -3.78. The first kappa shape index (κ1) is 99.1. The quantitative estimate of drug-likeness (QED) is 0.0264. The van der Waals surface area contributed by atoms with Crippen molar-refractivity contribution in [1.82, 2.24) is 57.9 Å². The van der Waals surface area contributed by atoms with Gasteiger partial charge in [-0.2, -0.15) is 0 Å². The van der Waals surface area contributed by atoms with Gasteiger partial charge in [0.05, 0.1) is 40.6 Å². The molecule has 6 aromatic rings. The number of unbranched alkanes of at least 4 members (excludes halogenated alkanes) is 6. The molecular weight excluding hydrogens is 1740 g/mol. The van der Waals surface area contributed by atoms with E-state index >= 15 is 24.0 Å². The number of halogens is 1. The molecule has 0 aromatic heterocycles. The zero-order valence-electron chi connectivity index (χ0n) is 73.8. The first-order chi connectivity index (χ1) is 62.3. The van der Waals surface area contributed by atoms with Crippen LogP contribution < -0.4 is 77.8 Å². The molecule has 38 nitrogen and oxygen atoms in total. The number of benzene rings is 6. The molecule has 1 aliphatic carbocycles. The van der Waals surface area contributed by atoms with E-state index in [-0.39, 0.29) is 104 Å². The van der Waals surface area contributed by atoms with Gasteiger partial charge in [0.15, 0.2) is 29.9 Å². The number of hydrogen-bond donors (Lipinski definition) is 21. The zero-order chi connectivity index (χ0) is 94.8. The highest BCUT2D eigenvalue weighted by molar-refractivity contribution is 7.89. The van der Waals surface area contributed by atoms with Crippen molar-refractivity contribution in [2.45, 2.75) is 265 Å². The summed E-state index contributed by atoms with van der Waals surface area (Å²) in [7, 11) is -2.28. The molecule has 3 fully saturated rings. The standard InChI is InChI=1S/C91H117ClN12O26S/c1-9-10-11-14-17-47-18-25-53(26-19-47)131(123,124)96-31-16-13-12-15-30-95-41-56-45(5)69-54-34-48(20-27-60(54)106)70-84(116)103-74(87(119)101-72(88(120)121)55(69)38-61(56)107)76(110)50-22-29-63(57(92)35-50)127-65-37-51-36-64(79(65)130-89-80(78(112)77(111)66(42-105)128-89)129-68-40-91(7,81(113)46(6)125-68)104-90(122)97-52-23-24-52)126-62-28-21-49(33-44(62)4)75(109)73(102-82(114)58(94-8)32-43(2)3)86(118)98-59(39-67(93)108)83(115)99-71(51)85(117)100-70/h18-22,25-29,33-38,43,46,52,58-59,66,68,70-78,80-81,89,94-96,105-107,109-113H,9-17,23-24,30-32,39-42H2,1-8H3,(H2,93,108)(H,98,118)(H,99,115)(H,100,117)(H,101,119)(H,102,114)(H,103,116)(H,120,121)(H2,97,104,122)/t46-,58+,59-,66+,68-,70+,71+,72-,73+,74-,75+,76+,77+,78-,80+,81+,89-,91-/m0/s1. The number of primary amides is 1. The topological polar surface area (TPSA) is 584 Å². The molecule has 8 aliphatic rings. The third-order valence-corrected chi connectivity index (χ3v) is 26.1. The molecule has 18 atom stereocenters. The highest BCUT2D eigenvalue weighted by Gasteiger charge is 2.53. The molecule has 0 radical (unpaired) electrons. The van der Waals surface area contributed by atoms with Crippen molar-refractivity contribution in [3.63, 3.8) is 0 Å². The number of phenols is 2. The van der Waals surface area contributed by atoms with Gasteiger partial charge in [-0.05, 0) is 209 Å². The van der Waals surface area contributed by atoms with Crippen LogP contribution in [0.2, 0.25) is 5.02 Å². The lowest BCUT2D eigenvalue weighted by Crippen LogP contribution is -2.67. The first-order valence-electron chi connectivity index (χ1n) is 43.9. The monoisotopic (exact) mass is 1860 g/mol. The van der Waals surface area contributed by atoms with Gasteiger partial charge in [-0.3, -0.25) is 33.6 Å². The van der Waals surface area contributed by atoms with E-state index in [4.69, 9.17) is 45.8 Å². The van der Waals surface area contributed by atoms with Crippen molar-refractivity contribution in [1.29, 1.82) is 0 Å². The number of aliphatic hydroxyl groups excluding tert-OH is 6. The Bertz CT molecular complexity index is 5320. The number of carboxylic acids is 1. The van der Waals surface area contributed by atoms with Crippen molar-refractivity contribution in [3.05, 3.63) is 152 Å². The van der Waals surface area contributed by atoms with Crippen molar-refractivity contribution in [3.8, 4) is 51.4 Å². The number of aliphatic hydroxyl groups is 6. The van der Waals surface area contributed by atoms with Crippen LogP contribution in [-0.2, 0) is 75.6 Å². The van der Waals surface area contributed by atoms with Crippen molar-refractivity contribution < 1.29 is 126 Å². The maximum absolute atomic E-state index is 16.5. The van der Waals surface area contributed by atoms with E-state index in [0.29, 0.717) is 32.2 Å². The third kappa shape index (κ3) is 23.8. The summed E-state index contributed by atoms with van der Waals surface area (Å²) in [5.41, 5.74) is 4.10. The highest BCUT2D eigenvalue weighted by atomic mass is 35.5. The smallest absolute Gasteiger partial charge is 0.330 e. The van der Waals surface area contributed by atoms with Crippen LogP contribution in [0, 0.1) is 19.8 Å². The molecule has 7 aliphatic heterocycles. The summed E-state index contributed by atoms with van der Waals surface area (Å²) >= 11 is 7.23. The number of hydrogen-bond acceptors (Lipinski definition) is 27. The Labute approximate surface area is 761 Å². The predicted molar refractivity (Wildman–Crippen MR) is 472 cm³/mol. The number of phenolic OH excluding ortho intramolecular Hbond substituents is 2. The molecule has 6 aromatic carbocycles. The molecule has 22 N–H and O–H groups in total. The van der Waals surface area contributed by atoms with E-state index in [1.54, 1.807) is 12.1 Å². The van der Waals surface area contributed by atoms with Crippen molar-refractivity contribution >= 4 is 75.0 Å². The van der Waals surface area contributed by atoms with E-state index in [2.05, 4.69) is 64.8 Å². The summed E-state index contributed by atoms with van der Waals surface area (Å²) in [5, 5.41) is 134. The summed E-state index contributed by atoms with van der Waals surface area (Å²) < 4.78 is 68.6. The van der Waals surface area contributed by atoms with Crippen molar-refractivity contribution in [2.24, 2.45) is 11.7 Å². The number of nitrogens with one attached hydrogen (secondary N) is 11. The second-order valence-corrected chi connectivity index (χ2v) is 37.0. The van der Waals surface area contributed by atoms with Gasteiger partial charge in [0.25, 0.3) is 0 Å². The van der Waals surface area contributed by atoms with Crippen LogP contribution >= 0.6 is 11.6 Å². The molecule has 710 valence electrons. The van der Waals surface area contributed by atoms with E-state index in [1.165, 1.54) is 71.1 Å². The van der Waals surface area contributed by atoms with Crippen LogP contribution in [0.15, 0.2) is 102 Å². The predicted octanol–water partition coefficient (Wildman–Crippen LogP) is 4.62. The minimum Gasteiger partial charge on any atom is -0.508 e. The molecule has 14 rings (SSSR count). The molecular formula is C91H117ClN12O26S. The number of ether oxygens (including phenoxy) is 6. The Hall–Kier alpha value is -10.9. The number of aromatic hydroxyl groups is 2. The number of rotatable bonds is 31. The van der Waals surface area contributed by atoms with Crippen LogP contribution in [0.4, 0.5) is 4.79 Å². The fraction of sp³-hybridized carbons (Fsp3) is 0.505. The Morgan fingerprint density at radius 2 is 1.34 bits per heavy atom. The van der Waals surface area contributed by atoms with E-state index in [0.717, 1.165) is 86.9 Å². The number of nitrogens with two attached hydrogens (primary N) is 1. The van der Waals surface area contributed by atoms with Gasteiger partial charge >= 0.3 is 12.0 Å². The number of carbonyl (C=O) groups is 9. The van der Waals surface area contributed by atoms with Gasteiger partial charge in [-0.15, -0.1) is 0 Å². The molecule has 11 bridgehead atoms. The van der Waals surface area contributed by atoms with Gasteiger partial charge in [0.1, 0.15) is 89.8 Å². The Morgan fingerprint density at radius 3 is 1.99 bits per heavy atom. The number of carbonyl (C=O) groups excluding carboxylic acids is 8. The number of likely N-dealkylation sites (N-methyl/N-ethyl adjacent to an activating group) is 1. The number of urea groups is 1. The second kappa shape index (κ2) is 43.2. The summed E-state index contributed by atoms with van der Waals surface area (Å²) in [5.74, 6) is -14.1. The van der Waals surface area contributed by atoms with Crippen LogP contribution in [0.5, 0.6) is 40.2 Å². The van der Waals surface area contributed by atoms with E-state index in [1.807, 2.05) is 26.0 Å².